The minimum Gasteiger partial charge on any atom is -0.460 e. The van der Waals surface area contributed by atoms with E-state index in [1.54, 1.807) is 0 Å². The van der Waals surface area contributed by atoms with Crippen molar-refractivity contribution in [1.29, 1.82) is 0 Å². The van der Waals surface area contributed by atoms with Crippen LogP contribution in [0.5, 0.6) is 0 Å². The van der Waals surface area contributed by atoms with Crippen LogP contribution >= 0.6 is 0 Å². The molecule has 98 valence electrons. The molecule has 0 aromatic carbocycles. The zero-order valence-electron chi connectivity index (χ0n) is 11.5. The van der Waals surface area contributed by atoms with Crippen molar-refractivity contribution in [2.75, 3.05) is 6.54 Å². The smallest absolute Gasteiger partial charge is 0.137 e. The minimum absolute atomic E-state index is 0.392. The van der Waals surface area contributed by atoms with Gasteiger partial charge in [-0.25, -0.2) is 0 Å². The van der Waals surface area contributed by atoms with E-state index < -0.39 is 0 Å². The molecule has 2 rings (SSSR count). The van der Waals surface area contributed by atoms with Crippen molar-refractivity contribution in [3.05, 3.63) is 29.8 Å². The summed E-state index contributed by atoms with van der Waals surface area (Å²) in [7, 11) is 1.94. The van der Waals surface area contributed by atoms with E-state index >= 15 is 0 Å². The maximum Gasteiger partial charge on any atom is 0.137 e. The fourth-order valence-corrected chi connectivity index (χ4v) is 1.99. The minimum atomic E-state index is 0.392. The summed E-state index contributed by atoms with van der Waals surface area (Å²) in [5.74, 6) is 2.26. The maximum absolute atomic E-state index is 5.86. The fraction of sp³-hybridized carbons (Fsp3) is 0.500. The Morgan fingerprint density at radius 1 is 1.39 bits per heavy atom. The number of nitrogens with one attached hydrogen (secondary N) is 1. The highest BCUT2D eigenvalue weighted by atomic mass is 16.3. The third-order valence-electron chi connectivity index (χ3n) is 2.88. The van der Waals surface area contributed by atoms with Crippen LogP contribution in [-0.4, -0.2) is 16.3 Å². The van der Waals surface area contributed by atoms with E-state index in [9.17, 15) is 0 Å². The second-order valence-electron chi connectivity index (χ2n) is 4.80. The topological polar surface area (TPSA) is 43.0 Å². The lowest BCUT2D eigenvalue weighted by atomic mass is 10.1. The SMILES string of the molecule is CCNCc1ccc(-c2cn(C)nc2C(C)C)o1. The van der Waals surface area contributed by atoms with Gasteiger partial charge < -0.3 is 9.73 Å². The van der Waals surface area contributed by atoms with Gasteiger partial charge in [0.1, 0.15) is 11.5 Å². The summed E-state index contributed by atoms with van der Waals surface area (Å²) in [6, 6.07) is 4.05. The zero-order chi connectivity index (χ0) is 13.1. The van der Waals surface area contributed by atoms with Gasteiger partial charge in [-0.3, -0.25) is 4.68 Å². The van der Waals surface area contributed by atoms with E-state index in [1.165, 1.54) is 0 Å². The van der Waals surface area contributed by atoms with Crippen molar-refractivity contribution in [2.24, 2.45) is 7.05 Å². The summed E-state index contributed by atoms with van der Waals surface area (Å²) in [5, 5.41) is 7.76. The van der Waals surface area contributed by atoms with Gasteiger partial charge >= 0.3 is 0 Å². The Bertz CT molecular complexity index is 511. The van der Waals surface area contributed by atoms with Gasteiger partial charge in [0.15, 0.2) is 0 Å². The standard InChI is InChI=1S/C14H21N3O/c1-5-15-8-11-6-7-13(18-11)12-9-17(4)16-14(12)10(2)3/h6-7,9-10,15H,5,8H2,1-4H3. The summed E-state index contributed by atoms with van der Waals surface area (Å²) < 4.78 is 7.70. The molecule has 18 heavy (non-hydrogen) atoms. The molecule has 0 unspecified atom stereocenters. The molecule has 2 heterocycles. The number of aromatic nitrogens is 2. The van der Waals surface area contributed by atoms with Crippen LogP contribution in [0.3, 0.4) is 0 Å². The Hall–Kier alpha value is -1.55. The van der Waals surface area contributed by atoms with Crippen molar-refractivity contribution in [3.8, 4) is 11.3 Å². The van der Waals surface area contributed by atoms with Gasteiger partial charge in [-0.05, 0) is 24.6 Å². The molecule has 0 atom stereocenters. The molecule has 0 saturated carbocycles. The number of hydrogen-bond acceptors (Lipinski definition) is 3. The van der Waals surface area contributed by atoms with Crippen LogP contribution in [0.1, 0.15) is 38.1 Å². The van der Waals surface area contributed by atoms with Gasteiger partial charge in [0.25, 0.3) is 0 Å². The Morgan fingerprint density at radius 2 is 2.17 bits per heavy atom. The highest BCUT2D eigenvalue weighted by molar-refractivity contribution is 5.60. The van der Waals surface area contributed by atoms with Gasteiger partial charge in [0, 0.05) is 13.2 Å². The van der Waals surface area contributed by atoms with E-state index in [4.69, 9.17) is 4.42 Å². The Morgan fingerprint density at radius 3 is 2.83 bits per heavy atom. The molecule has 0 bridgehead atoms. The molecule has 0 radical (unpaired) electrons. The first kappa shape index (κ1) is 12.9. The average molecular weight is 247 g/mol. The number of aryl methyl sites for hydroxylation is 1. The third kappa shape index (κ3) is 2.64. The van der Waals surface area contributed by atoms with Gasteiger partial charge in [-0.1, -0.05) is 20.8 Å². The molecule has 0 aliphatic rings. The summed E-state index contributed by atoms with van der Waals surface area (Å²) in [4.78, 5) is 0. The van der Waals surface area contributed by atoms with Crippen molar-refractivity contribution < 1.29 is 4.42 Å². The molecule has 0 aliphatic carbocycles. The lowest BCUT2D eigenvalue weighted by Crippen LogP contribution is -2.10. The second-order valence-corrected chi connectivity index (χ2v) is 4.80. The molecule has 0 spiro atoms. The first-order valence-electron chi connectivity index (χ1n) is 6.45. The monoisotopic (exact) mass is 247 g/mol. The van der Waals surface area contributed by atoms with Crippen LogP contribution in [0.15, 0.2) is 22.7 Å². The molecule has 0 saturated heterocycles. The Kier molecular flexibility index (Phi) is 3.87. The summed E-state index contributed by atoms with van der Waals surface area (Å²) in [5.41, 5.74) is 2.18. The van der Waals surface area contributed by atoms with E-state index in [2.05, 4.69) is 31.2 Å². The lowest BCUT2D eigenvalue weighted by Gasteiger charge is -2.02. The summed E-state index contributed by atoms with van der Waals surface area (Å²) >= 11 is 0. The summed E-state index contributed by atoms with van der Waals surface area (Å²) in [6.07, 6.45) is 2.02. The molecule has 2 aromatic rings. The predicted octanol–water partition coefficient (Wildman–Crippen LogP) is 2.91. The molecule has 4 nitrogen and oxygen atoms in total. The molecule has 4 heteroatoms. The Labute approximate surface area is 108 Å². The van der Waals surface area contributed by atoms with Crippen LogP contribution in [0.25, 0.3) is 11.3 Å². The summed E-state index contributed by atoms with van der Waals surface area (Å²) in [6.45, 7) is 8.10. The fourth-order valence-electron chi connectivity index (χ4n) is 1.99. The number of rotatable bonds is 5. The Balaban J connectivity index is 2.28. The highest BCUT2D eigenvalue weighted by Crippen LogP contribution is 2.29. The van der Waals surface area contributed by atoms with Crippen molar-refractivity contribution in [3.63, 3.8) is 0 Å². The predicted molar refractivity (Wildman–Crippen MR) is 72.4 cm³/mol. The van der Waals surface area contributed by atoms with E-state index in [0.29, 0.717) is 5.92 Å². The number of nitrogens with zero attached hydrogens (tertiary/aromatic N) is 2. The molecule has 0 aliphatic heterocycles. The molecule has 0 amide bonds. The average Bonchev–Trinajstić information content (AvgIpc) is 2.92. The molecule has 2 aromatic heterocycles. The van der Waals surface area contributed by atoms with E-state index in [0.717, 1.165) is 35.9 Å². The van der Waals surface area contributed by atoms with Crippen LogP contribution in [-0.2, 0) is 13.6 Å². The van der Waals surface area contributed by atoms with Crippen LogP contribution in [0.2, 0.25) is 0 Å². The highest BCUT2D eigenvalue weighted by Gasteiger charge is 2.15. The maximum atomic E-state index is 5.86. The third-order valence-corrected chi connectivity index (χ3v) is 2.88. The van der Waals surface area contributed by atoms with Gasteiger partial charge in [0.05, 0.1) is 17.8 Å². The molecule has 0 fully saturated rings. The molecular formula is C14H21N3O. The quantitative estimate of drug-likeness (QED) is 0.883. The largest absolute Gasteiger partial charge is 0.460 e. The van der Waals surface area contributed by atoms with Gasteiger partial charge in [-0.2, -0.15) is 5.10 Å². The molecular weight excluding hydrogens is 226 g/mol. The lowest BCUT2D eigenvalue weighted by molar-refractivity contribution is 0.498. The van der Waals surface area contributed by atoms with Crippen molar-refractivity contribution in [2.45, 2.75) is 33.2 Å². The normalized spacial score (nSPS) is 11.4. The van der Waals surface area contributed by atoms with Gasteiger partial charge in [-0.15, -0.1) is 0 Å². The van der Waals surface area contributed by atoms with E-state index in [1.807, 2.05) is 30.1 Å². The van der Waals surface area contributed by atoms with Crippen molar-refractivity contribution >= 4 is 0 Å². The first-order chi connectivity index (χ1) is 8.61. The van der Waals surface area contributed by atoms with Crippen LogP contribution < -0.4 is 5.32 Å². The van der Waals surface area contributed by atoms with Crippen LogP contribution in [0, 0.1) is 0 Å². The zero-order valence-corrected chi connectivity index (χ0v) is 11.5. The van der Waals surface area contributed by atoms with Crippen LogP contribution in [0.4, 0.5) is 0 Å². The second kappa shape index (κ2) is 5.40. The number of furan rings is 1. The first-order valence-corrected chi connectivity index (χ1v) is 6.45. The van der Waals surface area contributed by atoms with Crippen molar-refractivity contribution in [1.82, 2.24) is 15.1 Å². The van der Waals surface area contributed by atoms with Gasteiger partial charge in [0.2, 0.25) is 0 Å². The van der Waals surface area contributed by atoms with E-state index in [-0.39, 0.29) is 0 Å². The molecule has 1 N–H and O–H groups in total. The number of hydrogen-bond donors (Lipinski definition) is 1.